The normalized spacial score (nSPS) is 10.6. The van der Waals surface area contributed by atoms with E-state index in [9.17, 15) is 9.18 Å². The number of nitrogen functional groups attached to an aromatic ring is 1. The molecule has 0 aliphatic carbocycles. The number of hydrogen-bond acceptors (Lipinski definition) is 8. The van der Waals surface area contributed by atoms with E-state index >= 15 is 0 Å². The number of carbonyl (C=O) groups is 1. The summed E-state index contributed by atoms with van der Waals surface area (Å²) in [5.74, 6) is 0.738. The third kappa shape index (κ3) is 4.07. The second-order valence-electron chi connectivity index (χ2n) is 6.20. The highest BCUT2D eigenvalue weighted by Gasteiger charge is 2.16. The topological polar surface area (TPSA) is 132 Å². The fourth-order valence-corrected chi connectivity index (χ4v) is 2.72. The minimum atomic E-state index is -0.424. The molecule has 0 saturated carbocycles. The van der Waals surface area contributed by atoms with Gasteiger partial charge in [-0.15, -0.1) is 0 Å². The molecule has 3 aromatic heterocycles. The second kappa shape index (κ2) is 8.35. The molecule has 4 rings (SSSR count). The Hall–Kier alpha value is -4.34. The number of pyridine rings is 1. The molecule has 0 aliphatic heterocycles. The summed E-state index contributed by atoms with van der Waals surface area (Å²) in [6, 6.07) is 7.92. The lowest BCUT2D eigenvalue weighted by Crippen LogP contribution is -2.01. The van der Waals surface area contributed by atoms with E-state index < -0.39 is 5.82 Å². The second-order valence-corrected chi connectivity index (χ2v) is 6.20. The van der Waals surface area contributed by atoms with Crippen LogP contribution in [0.1, 0.15) is 16.1 Å². The highest BCUT2D eigenvalue weighted by atomic mass is 19.1. The van der Waals surface area contributed by atoms with Gasteiger partial charge in [0, 0.05) is 18.0 Å². The van der Waals surface area contributed by atoms with E-state index in [0.717, 1.165) is 6.20 Å². The number of hydrogen-bond donors (Lipinski definition) is 3. The molecule has 9 nitrogen and oxygen atoms in total. The van der Waals surface area contributed by atoms with Crippen LogP contribution in [0.3, 0.4) is 0 Å². The van der Waals surface area contributed by atoms with Crippen LogP contribution >= 0.6 is 0 Å². The van der Waals surface area contributed by atoms with Crippen LogP contribution in [0.2, 0.25) is 0 Å². The van der Waals surface area contributed by atoms with Crippen molar-refractivity contribution in [3.63, 3.8) is 0 Å². The summed E-state index contributed by atoms with van der Waals surface area (Å²) in [5.41, 5.74) is 8.41. The maximum Gasteiger partial charge on any atom is 0.164 e. The smallest absolute Gasteiger partial charge is 0.164 e. The molecule has 0 saturated heterocycles. The van der Waals surface area contributed by atoms with Crippen molar-refractivity contribution in [2.45, 2.75) is 6.61 Å². The predicted molar refractivity (Wildman–Crippen MR) is 108 cm³/mol. The van der Waals surface area contributed by atoms with Gasteiger partial charge in [-0.2, -0.15) is 5.10 Å². The van der Waals surface area contributed by atoms with Gasteiger partial charge in [-0.1, -0.05) is 6.07 Å². The zero-order valence-electron chi connectivity index (χ0n) is 15.5. The first-order valence-electron chi connectivity index (χ1n) is 8.84. The Kier molecular flexibility index (Phi) is 5.29. The number of benzene rings is 1. The lowest BCUT2D eigenvalue weighted by Gasteiger charge is -2.10. The van der Waals surface area contributed by atoms with Gasteiger partial charge in [0.1, 0.15) is 24.0 Å². The van der Waals surface area contributed by atoms with Crippen LogP contribution in [0.5, 0.6) is 5.75 Å². The average molecular weight is 405 g/mol. The molecule has 10 heteroatoms. The van der Waals surface area contributed by atoms with Crippen LogP contribution in [0.4, 0.5) is 21.7 Å². The Balaban J connectivity index is 1.59. The number of halogens is 1. The van der Waals surface area contributed by atoms with Gasteiger partial charge in [0.25, 0.3) is 0 Å². The molecule has 30 heavy (non-hydrogen) atoms. The SMILES string of the molecule is Nc1ccc(-c2[nH]nc(Nc3cnccn3)c2C=O)cc1OCc1ccc(F)cn1. The molecule has 150 valence electrons. The molecule has 3 heterocycles. The summed E-state index contributed by atoms with van der Waals surface area (Å²) in [7, 11) is 0. The summed E-state index contributed by atoms with van der Waals surface area (Å²) in [4.78, 5) is 23.8. The molecular weight excluding hydrogens is 389 g/mol. The van der Waals surface area contributed by atoms with Crippen LogP contribution < -0.4 is 15.8 Å². The van der Waals surface area contributed by atoms with Gasteiger partial charge in [0.05, 0.1) is 35.0 Å². The lowest BCUT2D eigenvalue weighted by atomic mass is 10.1. The van der Waals surface area contributed by atoms with Crippen molar-refractivity contribution in [1.82, 2.24) is 25.1 Å². The van der Waals surface area contributed by atoms with Crippen molar-refractivity contribution in [3.8, 4) is 17.0 Å². The van der Waals surface area contributed by atoms with Crippen molar-refractivity contribution < 1.29 is 13.9 Å². The number of nitrogens with zero attached hydrogens (tertiary/aromatic N) is 4. The molecule has 1 aromatic carbocycles. The van der Waals surface area contributed by atoms with E-state index in [1.807, 2.05) is 0 Å². The Morgan fingerprint density at radius 2 is 2.07 bits per heavy atom. The van der Waals surface area contributed by atoms with Gasteiger partial charge >= 0.3 is 0 Å². The van der Waals surface area contributed by atoms with Gasteiger partial charge in [0.15, 0.2) is 12.1 Å². The lowest BCUT2D eigenvalue weighted by molar-refractivity contribution is 0.112. The van der Waals surface area contributed by atoms with Crippen molar-refractivity contribution in [1.29, 1.82) is 0 Å². The highest BCUT2D eigenvalue weighted by Crippen LogP contribution is 2.32. The molecule has 0 fully saturated rings. The predicted octanol–water partition coefficient (Wildman–Crippen LogP) is 3.12. The molecule has 0 aliphatic rings. The molecule has 0 radical (unpaired) electrons. The first-order valence-corrected chi connectivity index (χ1v) is 8.84. The molecule has 4 aromatic rings. The maximum absolute atomic E-state index is 13.0. The zero-order chi connectivity index (χ0) is 20.9. The number of nitrogens with two attached hydrogens (primary N) is 1. The fourth-order valence-electron chi connectivity index (χ4n) is 2.72. The summed E-state index contributed by atoms with van der Waals surface area (Å²) in [5, 5.41) is 9.95. The Labute approximate surface area is 170 Å². The largest absolute Gasteiger partial charge is 0.485 e. The first kappa shape index (κ1) is 19.0. The van der Waals surface area contributed by atoms with Crippen LogP contribution in [0, 0.1) is 5.82 Å². The van der Waals surface area contributed by atoms with Crippen molar-refractivity contribution in [2.24, 2.45) is 0 Å². The standard InChI is InChI=1S/C20H16FN7O2/c21-13-2-3-14(25-8-13)11-30-17-7-12(1-4-16(17)22)19-15(10-29)20(28-27-19)26-18-9-23-5-6-24-18/h1-10H,11,22H2,(H2,24,26,27,28). The van der Waals surface area contributed by atoms with Gasteiger partial charge in [-0.3, -0.25) is 19.9 Å². The number of carbonyl (C=O) groups excluding carboxylic acids is 1. The van der Waals surface area contributed by atoms with Gasteiger partial charge in [-0.25, -0.2) is 9.37 Å². The number of rotatable bonds is 7. The number of aromatic amines is 1. The monoisotopic (exact) mass is 405 g/mol. The minimum absolute atomic E-state index is 0.108. The number of nitrogens with one attached hydrogen (secondary N) is 2. The molecule has 0 bridgehead atoms. The van der Waals surface area contributed by atoms with Crippen molar-refractivity contribution in [3.05, 3.63) is 72.2 Å². The maximum atomic E-state index is 13.0. The van der Waals surface area contributed by atoms with E-state index in [4.69, 9.17) is 10.5 Å². The fraction of sp³-hybridized carbons (Fsp3) is 0.0500. The van der Waals surface area contributed by atoms with Gasteiger partial charge in [-0.05, 0) is 24.3 Å². The van der Waals surface area contributed by atoms with E-state index in [0.29, 0.717) is 51.9 Å². The third-order valence-corrected chi connectivity index (χ3v) is 4.20. The van der Waals surface area contributed by atoms with Crippen LogP contribution in [-0.4, -0.2) is 31.4 Å². The van der Waals surface area contributed by atoms with Crippen LogP contribution in [-0.2, 0) is 6.61 Å². The summed E-state index contributed by atoms with van der Waals surface area (Å²) in [6.07, 6.45) is 6.39. The number of H-pyrrole nitrogens is 1. The summed E-state index contributed by atoms with van der Waals surface area (Å²) in [6.45, 7) is 0.108. The minimum Gasteiger partial charge on any atom is -0.485 e. The number of aromatic nitrogens is 5. The zero-order valence-corrected chi connectivity index (χ0v) is 15.5. The van der Waals surface area contributed by atoms with E-state index in [1.165, 1.54) is 24.5 Å². The number of ether oxygens (including phenoxy) is 1. The number of anilines is 3. The molecule has 0 amide bonds. The van der Waals surface area contributed by atoms with E-state index in [1.54, 1.807) is 24.4 Å². The molecular formula is C20H16FN7O2. The van der Waals surface area contributed by atoms with Crippen LogP contribution in [0.25, 0.3) is 11.3 Å². The molecule has 0 atom stereocenters. The van der Waals surface area contributed by atoms with E-state index in [2.05, 4.69) is 30.5 Å². The van der Waals surface area contributed by atoms with Crippen molar-refractivity contribution >= 4 is 23.6 Å². The Morgan fingerprint density at radius 3 is 2.80 bits per heavy atom. The summed E-state index contributed by atoms with van der Waals surface area (Å²) >= 11 is 0. The Bertz CT molecular complexity index is 1160. The Morgan fingerprint density at radius 1 is 1.17 bits per heavy atom. The number of aldehydes is 1. The third-order valence-electron chi connectivity index (χ3n) is 4.20. The van der Waals surface area contributed by atoms with Gasteiger partial charge in [0.2, 0.25) is 0 Å². The van der Waals surface area contributed by atoms with Crippen molar-refractivity contribution in [2.75, 3.05) is 11.1 Å². The summed E-state index contributed by atoms with van der Waals surface area (Å²) < 4.78 is 18.7. The highest BCUT2D eigenvalue weighted by molar-refractivity contribution is 5.93. The molecule has 0 unspecified atom stereocenters. The van der Waals surface area contributed by atoms with Crippen LogP contribution in [0.15, 0.2) is 55.1 Å². The quantitative estimate of drug-likeness (QED) is 0.316. The average Bonchev–Trinajstić information content (AvgIpc) is 3.17. The molecule has 0 spiro atoms. The van der Waals surface area contributed by atoms with E-state index in [-0.39, 0.29) is 6.61 Å². The van der Waals surface area contributed by atoms with Gasteiger partial charge < -0.3 is 15.8 Å². The molecule has 4 N–H and O–H groups in total. The first-order chi connectivity index (χ1) is 14.6.